The Morgan fingerprint density at radius 1 is 1.26 bits per heavy atom. The van der Waals surface area contributed by atoms with Crippen LogP contribution in [0.15, 0.2) is 14.1 Å². The van der Waals surface area contributed by atoms with E-state index < -0.39 is 15.5 Å². The lowest BCUT2D eigenvalue weighted by Gasteiger charge is -2.15. The van der Waals surface area contributed by atoms with Crippen molar-refractivity contribution in [2.45, 2.75) is 62.3 Å². The first kappa shape index (κ1) is 23.3. The summed E-state index contributed by atoms with van der Waals surface area (Å²) in [6.07, 6.45) is 6.92. The van der Waals surface area contributed by atoms with Crippen molar-refractivity contribution in [2.75, 3.05) is 12.4 Å². The van der Waals surface area contributed by atoms with Gasteiger partial charge in [0.15, 0.2) is 9.92 Å². The number of nitrogens with two attached hydrogens (primary N) is 1. The molecule has 1 amide bonds. The standard InChI is InChI=1S/C14H14N2O.C7H13N3O2S2/c15-7-13-9-3-1-5-11(9)14(16-8-17)12-6-2-4-10(12)13;1-7(2,11)5-4-13-6(10-5)14(8,12)9-3/h8H,1-6H2,(H,16,17);4,11H,1-3H3,(H2,8,9,12). The van der Waals surface area contributed by atoms with Gasteiger partial charge in [0, 0.05) is 18.1 Å². The first-order valence-electron chi connectivity index (χ1n) is 10.0. The summed E-state index contributed by atoms with van der Waals surface area (Å²) in [6.45, 7) is 3.21. The number of hydrogen-bond donors (Lipinski definition) is 3. The van der Waals surface area contributed by atoms with E-state index in [0.29, 0.717) is 5.69 Å². The third-order valence-electron chi connectivity index (χ3n) is 5.59. The Kier molecular flexibility index (Phi) is 6.81. The lowest BCUT2D eigenvalue weighted by atomic mass is 9.93. The molecular formula is C21H27N5O3S2. The Labute approximate surface area is 186 Å². The molecule has 2 aliphatic rings. The number of carbonyl (C=O) groups excluding carboxylic acids is 1. The zero-order valence-electron chi connectivity index (χ0n) is 17.9. The molecule has 0 saturated carbocycles. The lowest BCUT2D eigenvalue weighted by molar-refractivity contribution is -0.105. The second-order valence-electron chi connectivity index (χ2n) is 8.05. The summed E-state index contributed by atoms with van der Waals surface area (Å²) in [5, 5.41) is 28.9. The average Bonchev–Trinajstić information content (AvgIpc) is 3.47. The minimum atomic E-state index is -2.87. The van der Waals surface area contributed by atoms with Crippen LogP contribution in [0.4, 0.5) is 5.69 Å². The topological polar surface area (TPSA) is 141 Å². The summed E-state index contributed by atoms with van der Waals surface area (Å²) < 4.78 is 15.4. The predicted octanol–water partition coefficient (Wildman–Crippen LogP) is 2.80. The average molecular weight is 462 g/mol. The van der Waals surface area contributed by atoms with Crippen molar-refractivity contribution in [3.8, 4) is 6.07 Å². The van der Waals surface area contributed by atoms with Crippen LogP contribution in [-0.4, -0.2) is 27.8 Å². The fraction of sp³-hybridized carbons (Fsp3) is 0.476. The molecule has 0 bridgehead atoms. The number of nitrogens with one attached hydrogen (secondary N) is 1. The number of nitriles is 1. The maximum Gasteiger partial charge on any atom is 0.211 e. The Bertz CT molecular complexity index is 1130. The maximum atomic E-state index is 11.6. The summed E-state index contributed by atoms with van der Waals surface area (Å²) in [5.74, 6) is 0. The Morgan fingerprint density at radius 2 is 1.81 bits per heavy atom. The van der Waals surface area contributed by atoms with E-state index in [0.717, 1.165) is 67.5 Å². The molecule has 1 heterocycles. The Balaban J connectivity index is 0.000000180. The number of carbonyl (C=O) groups is 1. The van der Waals surface area contributed by atoms with E-state index in [1.54, 1.807) is 19.2 Å². The van der Waals surface area contributed by atoms with Gasteiger partial charge in [0.05, 0.1) is 17.3 Å². The van der Waals surface area contributed by atoms with E-state index in [2.05, 4.69) is 20.7 Å². The molecule has 2 aliphatic carbocycles. The van der Waals surface area contributed by atoms with E-state index in [-0.39, 0.29) is 4.34 Å². The molecule has 4 rings (SSSR count). The summed E-state index contributed by atoms with van der Waals surface area (Å²) in [4.78, 5) is 14.8. The van der Waals surface area contributed by atoms with Crippen molar-refractivity contribution in [3.63, 3.8) is 0 Å². The van der Waals surface area contributed by atoms with Gasteiger partial charge in [-0.3, -0.25) is 4.79 Å². The Hall–Kier alpha value is -2.32. The molecule has 0 saturated heterocycles. The maximum absolute atomic E-state index is 11.6. The molecule has 0 radical (unpaired) electrons. The van der Waals surface area contributed by atoms with Gasteiger partial charge in [-0.15, -0.1) is 11.3 Å². The SMILES string of the molecule is CN=S(N)(=O)c1nc(C(C)(C)O)cs1.N#Cc1c2c(c(NC=O)c3c1CCC3)CCC2. The van der Waals surface area contributed by atoms with Crippen LogP contribution in [0.5, 0.6) is 0 Å². The van der Waals surface area contributed by atoms with Crippen LogP contribution in [-0.2, 0) is 46.0 Å². The van der Waals surface area contributed by atoms with E-state index in [1.165, 1.54) is 29.3 Å². The second-order valence-corrected chi connectivity index (χ2v) is 11.1. The number of amides is 1. The van der Waals surface area contributed by atoms with Crippen molar-refractivity contribution in [3.05, 3.63) is 38.9 Å². The first-order valence-corrected chi connectivity index (χ1v) is 12.5. The van der Waals surface area contributed by atoms with Gasteiger partial charge in [0.2, 0.25) is 10.7 Å². The molecule has 1 atom stereocenters. The highest BCUT2D eigenvalue weighted by Gasteiger charge is 2.28. The molecule has 1 aromatic heterocycles. The molecule has 1 unspecified atom stereocenters. The van der Waals surface area contributed by atoms with Gasteiger partial charge in [-0.05, 0) is 74.6 Å². The summed E-state index contributed by atoms with van der Waals surface area (Å²) >= 11 is 1.14. The van der Waals surface area contributed by atoms with Crippen LogP contribution >= 0.6 is 11.3 Å². The first-order chi connectivity index (χ1) is 14.6. The fourth-order valence-corrected chi connectivity index (χ4v) is 6.08. The van der Waals surface area contributed by atoms with Gasteiger partial charge >= 0.3 is 0 Å². The molecule has 0 spiro atoms. The highest BCUT2D eigenvalue weighted by molar-refractivity contribution is 7.93. The number of anilines is 1. The highest BCUT2D eigenvalue weighted by atomic mass is 32.2. The normalized spacial score (nSPS) is 16.3. The largest absolute Gasteiger partial charge is 0.384 e. The molecule has 1 aromatic carbocycles. The van der Waals surface area contributed by atoms with E-state index >= 15 is 0 Å². The molecule has 0 aliphatic heterocycles. The van der Waals surface area contributed by atoms with Gasteiger partial charge in [-0.2, -0.15) is 5.26 Å². The van der Waals surface area contributed by atoms with Crippen LogP contribution in [0.25, 0.3) is 0 Å². The van der Waals surface area contributed by atoms with Crippen molar-refractivity contribution < 1.29 is 14.1 Å². The molecule has 166 valence electrons. The molecule has 10 heteroatoms. The number of aromatic nitrogens is 1. The number of nitrogens with zero attached hydrogens (tertiary/aromatic N) is 3. The molecule has 0 fully saturated rings. The van der Waals surface area contributed by atoms with Gasteiger partial charge in [-0.1, -0.05) is 0 Å². The van der Waals surface area contributed by atoms with Crippen molar-refractivity contribution in [1.29, 1.82) is 5.26 Å². The van der Waals surface area contributed by atoms with Crippen LogP contribution in [0.1, 0.15) is 60.2 Å². The van der Waals surface area contributed by atoms with E-state index in [4.69, 9.17) is 5.14 Å². The molecule has 8 nitrogen and oxygen atoms in total. The number of aliphatic hydroxyl groups is 1. The molecular weight excluding hydrogens is 434 g/mol. The summed E-state index contributed by atoms with van der Waals surface area (Å²) in [6, 6.07) is 2.38. The third-order valence-corrected chi connectivity index (χ3v) is 8.36. The van der Waals surface area contributed by atoms with Gasteiger partial charge < -0.3 is 10.4 Å². The van der Waals surface area contributed by atoms with Gasteiger partial charge in [0.1, 0.15) is 5.60 Å². The summed E-state index contributed by atoms with van der Waals surface area (Å²) in [5.41, 5.74) is 6.15. The van der Waals surface area contributed by atoms with Gasteiger partial charge in [-0.25, -0.2) is 18.7 Å². The number of thiazole rings is 1. The third kappa shape index (κ3) is 4.65. The predicted molar refractivity (Wildman–Crippen MR) is 121 cm³/mol. The number of benzene rings is 1. The van der Waals surface area contributed by atoms with E-state index in [1.807, 2.05) is 0 Å². The monoisotopic (exact) mass is 461 g/mol. The number of fused-ring (bicyclic) bond motifs is 2. The van der Waals surface area contributed by atoms with Crippen LogP contribution in [0.2, 0.25) is 0 Å². The summed E-state index contributed by atoms with van der Waals surface area (Å²) in [7, 11) is -1.48. The Morgan fingerprint density at radius 3 is 2.23 bits per heavy atom. The minimum absolute atomic E-state index is 0.247. The molecule has 31 heavy (non-hydrogen) atoms. The molecule has 4 N–H and O–H groups in total. The number of rotatable bonds is 4. The van der Waals surface area contributed by atoms with Crippen molar-refractivity contribution >= 4 is 33.3 Å². The second kappa shape index (κ2) is 9.04. The highest BCUT2D eigenvalue weighted by Crippen LogP contribution is 2.41. The number of hydrogen-bond acceptors (Lipinski definition) is 7. The van der Waals surface area contributed by atoms with Gasteiger partial charge in [0.25, 0.3) is 0 Å². The molecule has 2 aromatic rings. The zero-order chi connectivity index (χ0) is 22.8. The van der Waals surface area contributed by atoms with Crippen LogP contribution < -0.4 is 10.5 Å². The van der Waals surface area contributed by atoms with Crippen LogP contribution in [0.3, 0.4) is 0 Å². The van der Waals surface area contributed by atoms with Crippen molar-refractivity contribution in [1.82, 2.24) is 4.98 Å². The lowest BCUT2D eigenvalue weighted by Crippen LogP contribution is -2.17. The van der Waals surface area contributed by atoms with E-state index in [9.17, 15) is 19.4 Å². The van der Waals surface area contributed by atoms with Crippen molar-refractivity contribution in [2.24, 2.45) is 9.50 Å². The minimum Gasteiger partial charge on any atom is -0.384 e. The zero-order valence-corrected chi connectivity index (χ0v) is 19.5. The fourth-order valence-electron chi connectivity index (χ4n) is 4.07. The smallest absolute Gasteiger partial charge is 0.211 e. The van der Waals surface area contributed by atoms with Crippen LogP contribution in [0, 0.1) is 11.3 Å². The quantitative estimate of drug-likeness (QED) is 0.600.